The predicted molar refractivity (Wildman–Crippen MR) is 160 cm³/mol. The van der Waals surface area contributed by atoms with E-state index in [4.69, 9.17) is 0 Å². The second-order valence-electron chi connectivity index (χ2n) is 11.8. The molecule has 39 heavy (non-hydrogen) atoms. The molecule has 0 aliphatic heterocycles. The number of rotatable bonds is 9. The summed E-state index contributed by atoms with van der Waals surface area (Å²) in [5.74, 6) is -0.173. The van der Waals surface area contributed by atoms with Crippen molar-refractivity contribution < 1.29 is 9.59 Å². The fourth-order valence-corrected chi connectivity index (χ4v) is 4.81. The van der Waals surface area contributed by atoms with Gasteiger partial charge in [0.2, 0.25) is 5.91 Å². The Morgan fingerprint density at radius 1 is 0.897 bits per heavy atom. The average Bonchev–Trinajstić information content (AvgIpc) is 3.32. The quantitative estimate of drug-likeness (QED) is 0.260. The number of nitrogens with zero attached hydrogens (tertiary/aromatic N) is 2. The molecule has 0 aliphatic rings. The van der Waals surface area contributed by atoms with Gasteiger partial charge in [0.1, 0.15) is 6.54 Å². The first-order chi connectivity index (χ1) is 18.5. The summed E-state index contributed by atoms with van der Waals surface area (Å²) in [4.78, 5) is 34.1. The van der Waals surface area contributed by atoms with Gasteiger partial charge in [-0.3, -0.25) is 9.59 Å². The van der Waals surface area contributed by atoms with E-state index in [1.165, 1.54) is 16.5 Å². The molecule has 0 unspecified atom stereocenters. The molecule has 0 aliphatic carbocycles. The summed E-state index contributed by atoms with van der Waals surface area (Å²) < 4.78 is 0. The first kappa shape index (κ1) is 28.2. The highest BCUT2D eigenvalue weighted by atomic mass is 16.2. The van der Waals surface area contributed by atoms with Crippen LogP contribution in [0.3, 0.4) is 0 Å². The molecule has 1 aromatic heterocycles. The maximum Gasteiger partial charge on any atom is 0.254 e. The van der Waals surface area contributed by atoms with Crippen LogP contribution in [0.2, 0.25) is 0 Å². The van der Waals surface area contributed by atoms with Gasteiger partial charge in [0.15, 0.2) is 0 Å². The van der Waals surface area contributed by atoms with Crippen molar-refractivity contribution in [3.8, 4) is 0 Å². The molecule has 0 atom stereocenters. The average molecular weight is 524 g/mol. The van der Waals surface area contributed by atoms with Crippen molar-refractivity contribution in [2.75, 3.05) is 13.1 Å². The molecular formula is C34H41N3O2. The molecule has 0 saturated heterocycles. The Morgan fingerprint density at radius 3 is 2.21 bits per heavy atom. The van der Waals surface area contributed by atoms with E-state index in [9.17, 15) is 9.59 Å². The lowest BCUT2D eigenvalue weighted by Gasteiger charge is -2.30. The van der Waals surface area contributed by atoms with Gasteiger partial charge in [-0.1, -0.05) is 80.9 Å². The highest BCUT2D eigenvalue weighted by Crippen LogP contribution is 2.23. The van der Waals surface area contributed by atoms with Gasteiger partial charge in [0, 0.05) is 41.8 Å². The van der Waals surface area contributed by atoms with Gasteiger partial charge in [0.25, 0.3) is 5.91 Å². The Hall–Kier alpha value is -3.86. The summed E-state index contributed by atoms with van der Waals surface area (Å²) >= 11 is 0. The molecule has 2 amide bonds. The Bertz CT molecular complexity index is 1410. The van der Waals surface area contributed by atoms with Gasteiger partial charge >= 0.3 is 0 Å². The molecule has 4 aromatic rings. The molecular weight excluding hydrogens is 482 g/mol. The third-order valence-corrected chi connectivity index (χ3v) is 7.36. The second-order valence-corrected chi connectivity index (χ2v) is 11.8. The van der Waals surface area contributed by atoms with Crippen molar-refractivity contribution in [1.82, 2.24) is 14.8 Å². The Kier molecular flexibility index (Phi) is 8.59. The van der Waals surface area contributed by atoms with Crippen LogP contribution in [-0.2, 0) is 23.2 Å². The van der Waals surface area contributed by atoms with Crippen LogP contribution in [0, 0.1) is 6.92 Å². The van der Waals surface area contributed by atoms with Crippen LogP contribution >= 0.6 is 0 Å². The minimum Gasteiger partial charge on any atom is -0.361 e. The minimum absolute atomic E-state index is 0.0400. The zero-order valence-corrected chi connectivity index (χ0v) is 24.1. The number of fused-ring (bicyclic) bond motifs is 1. The largest absolute Gasteiger partial charge is 0.361 e. The second kappa shape index (κ2) is 11.9. The van der Waals surface area contributed by atoms with E-state index >= 15 is 0 Å². The highest BCUT2D eigenvalue weighted by molar-refractivity contribution is 5.96. The van der Waals surface area contributed by atoms with Gasteiger partial charge < -0.3 is 14.8 Å². The van der Waals surface area contributed by atoms with E-state index in [0.29, 0.717) is 18.7 Å². The standard InChI is InChI=1S/C34H41N3O2/c1-24(2)37(33(39)27-15-11-25(3)12-16-27)23-32(38)36(22-26-13-17-29(18-14-26)34(4,5)6)20-19-28-21-35-31-10-8-7-9-30(28)31/h7-18,21,24,35H,19-20,22-23H2,1-6H3. The number of aromatic amines is 1. The summed E-state index contributed by atoms with van der Waals surface area (Å²) in [5.41, 5.74) is 6.39. The Morgan fingerprint density at radius 2 is 1.56 bits per heavy atom. The molecule has 5 nitrogen and oxygen atoms in total. The number of benzene rings is 3. The topological polar surface area (TPSA) is 56.4 Å². The highest BCUT2D eigenvalue weighted by Gasteiger charge is 2.25. The summed E-state index contributed by atoms with van der Waals surface area (Å²) in [6.45, 7) is 13.6. The van der Waals surface area contributed by atoms with Crippen LogP contribution in [0.15, 0.2) is 79.0 Å². The SMILES string of the molecule is Cc1ccc(C(=O)N(CC(=O)N(CCc2c[nH]c3ccccc23)Cc2ccc(C(C)(C)C)cc2)C(C)C)cc1. The number of H-pyrrole nitrogens is 1. The molecule has 1 heterocycles. The van der Waals surface area contributed by atoms with E-state index in [1.54, 1.807) is 4.90 Å². The zero-order valence-electron chi connectivity index (χ0n) is 24.1. The number of aryl methyl sites for hydroxylation is 1. The summed E-state index contributed by atoms with van der Waals surface area (Å²) in [5, 5.41) is 1.18. The molecule has 3 aromatic carbocycles. The predicted octanol–water partition coefficient (Wildman–Crippen LogP) is 6.90. The van der Waals surface area contributed by atoms with E-state index in [2.05, 4.69) is 62.2 Å². The van der Waals surface area contributed by atoms with Gasteiger partial charge in [-0.2, -0.15) is 0 Å². The lowest BCUT2D eigenvalue weighted by molar-refractivity contribution is -0.132. The summed E-state index contributed by atoms with van der Waals surface area (Å²) in [7, 11) is 0. The van der Waals surface area contributed by atoms with Crippen molar-refractivity contribution in [1.29, 1.82) is 0 Å². The molecule has 0 bridgehead atoms. The van der Waals surface area contributed by atoms with E-state index in [0.717, 1.165) is 23.1 Å². The molecule has 0 radical (unpaired) electrons. The number of hydrogen-bond acceptors (Lipinski definition) is 2. The van der Waals surface area contributed by atoms with Gasteiger partial charge in [-0.05, 0) is 67.5 Å². The molecule has 4 rings (SSSR count). The van der Waals surface area contributed by atoms with Crippen LogP contribution in [-0.4, -0.2) is 45.7 Å². The van der Waals surface area contributed by atoms with Crippen LogP contribution in [0.5, 0.6) is 0 Å². The number of hydrogen-bond donors (Lipinski definition) is 1. The number of carbonyl (C=O) groups is 2. The fraction of sp³-hybridized carbons (Fsp3) is 0.353. The molecule has 0 fully saturated rings. The number of para-hydroxylation sites is 1. The Labute approximate surface area is 232 Å². The van der Waals surface area contributed by atoms with Crippen LogP contribution in [0.25, 0.3) is 10.9 Å². The first-order valence-corrected chi connectivity index (χ1v) is 13.8. The van der Waals surface area contributed by atoms with Gasteiger partial charge in [-0.15, -0.1) is 0 Å². The van der Waals surface area contributed by atoms with Crippen LogP contribution < -0.4 is 0 Å². The minimum atomic E-state index is -0.121. The number of nitrogens with one attached hydrogen (secondary N) is 1. The third kappa shape index (κ3) is 6.97. The first-order valence-electron chi connectivity index (χ1n) is 13.8. The summed E-state index contributed by atoms with van der Waals surface area (Å²) in [6, 6.07) is 24.2. The van der Waals surface area contributed by atoms with Crippen LogP contribution in [0.4, 0.5) is 0 Å². The van der Waals surface area contributed by atoms with Crippen molar-refractivity contribution in [2.45, 2.75) is 66.0 Å². The molecule has 1 N–H and O–H groups in total. The van der Waals surface area contributed by atoms with Gasteiger partial charge in [-0.25, -0.2) is 0 Å². The number of amides is 2. The maximum atomic E-state index is 13.8. The van der Waals surface area contributed by atoms with Crippen molar-refractivity contribution in [3.63, 3.8) is 0 Å². The van der Waals surface area contributed by atoms with E-state index in [-0.39, 0.29) is 29.8 Å². The molecule has 204 valence electrons. The number of carbonyl (C=O) groups excluding carboxylic acids is 2. The summed E-state index contributed by atoms with van der Waals surface area (Å²) in [6.07, 6.45) is 2.76. The molecule has 0 saturated carbocycles. The third-order valence-electron chi connectivity index (χ3n) is 7.36. The van der Waals surface area contributed by atoms with Crippen molar-refractivity contribution in [3.05, 3.63) is 107 Å². The maximum absolute atomic E-state index is 13.8. The van der Waals surface area contributed by atoms with E-state index < -0.39 is 0 Å². The molecule has 5 heteroatoms. The van der Waals surface area contributed by atoms with E-state index in [1.807, 2.05) is 68.3 Å². The van der Waals surface area contributed by atoms with Crippen molar-refractivity contribution in [2.24, 2.45) is 0 Å². The van der Waals surface area contributed by atoms with Gasteiger partial charge in [0.05, 0.1) is 0 Å². The lowest BCUT2D eigenvalue weighted by Crippen LogP contribution is -2.46. The van der Waals surface area contributed by atoms with Crippen molar-refractivity contribution >= 4 is 22.7 Å². The van der Waals surface area contributed by atoms with Crippen LogP contribution in [0.1, 0.15) is 67.2 Å². The lowest BCUT2D eigenvalue weighted by atomic mass is 9.87. The fourth-order valence-electron chi connectivity index (χ4n) is 4.81. The monoisotopic (exact) mass is 523 g/mol. The molecule has 0 spiro atoms. The smallest absolute Gasteiger partial charge is 0.254 e. The normalized spacial score (nSPS) is 11.7. The Balaban J connectivity index is 1.56. The number of aromatic nitrogens is 1. The zero-order chi connectivity index (χ0) is 28.2.